The monoisotopic (exact) mass is 262 g/mol. The van der Waals surface area contributed by atoms with Crippen molar-refractivity contribution in [1.29, 1.82) is 0 Å². The van der Waals surface area contributed by atoms with Crippen LogP contribution in [0.5, 0.6) is 0 Å². The lowest BCUT2D eigenvalue weighted by molar-refractivity contribution is -0.0470. The van der Waals surface area contributed by atoms with Crippen molar-refractivity contribution in [3.05, 3.63) is 29.6 Å². The second-order valence-corrected chi connectivity index (χ2v) is 4.13. The number of ether oxygens (including phenoxy) is 3. The molecule has 0 amide bonds. The van der Waals surface area contributed by atoms with Crippen LogP contribution in [-0.2, 0) is 14.2 Å². The van der Waals surface area contributed by atoms with Crippen molar-refractivity contribution in [3.8, 4) is 0 Å². The van der Waals surface area contributed by atoms with Crippen LogP contribution in [0.1, 0.15) is 29.3 Å². The van der Waals surface area contributed by atoms with E-state index in [9.17, 15) is 4.79 Å². The molecule has 19 heavy (non-hydrogen) atoms. The standard InChI is InChI=1S/C13H14N2O4/c1-2-17-12(16)8-7-14-9-3-4-10(15-11(8)9)13-18-5-6-19-13/h3-4,7,13-14H,2,5-6H2,1H3. The summed E-state index contributed by atoms with van der Waals surface area (Å²) < 4.78 is 15.8. The largest absolute Gasteiger partial charge is 0.462 e. The zero-order valence-corrected chi connectivity index (χ0v) is 10.5. The molecule has 2 aromatic rings. The number of H-pyrrole nitrogens is 1. The number of aromatic amines is 1. The van der Waals surface area contributed by atoms with E-state index in [4.69, 9.17) is 14.2 Å². The van der Waals surface area contributed by atoms with Crippen LogP contribution < -0.4 is 0 Å². The zero-order valence-electron chi connectivity index (χ0n) is 10.5. The minimum Gasteiger partial charge on any atom is -0.462 e. The molecule has 1 saturated heterocycles. The van der Waals surface area contributed by atoms with Gasteiger partial charge in [0.2, 0.25) is 6.29 Å². The first kappa shape index (κ1) is 12.1. The summed E-state index contributed by atoms with van der Waals surface area (Å²) in [5.41, 5.74) is 2.45. The van der Waals surface area contributed by atoms with Gasteiger partial charge in [-0.1, -0.05) is 0 Å². The van der Waals surface area contributed by atoms with Gasteiger partial charge in [-0.3, -0.25) is 0 Å². The first-order valence-electron chi connectivity index (χ1n) is 6.18. The Hall–Kier alpha value is -1.92. The van der Waals surface area contributed by atoms with Crippen molar-refractivity contribution in [1.82, 2.24) is 9.97 Å². The van der Waals surface area contributed by atoms with Crippen LogP contribution in [0.3, 0.4) is 0 Å². The molecule has 3 rings (SSSR count). The molecule has 100 valence electrons. The summed E-state index contributed by atoms with van der Waals surface area (Å²) in [5, 5.41) is 0. The summed E-state index contributed by atoms with van der Waals surface area (Å²) in [7, 11) is 0. The summed E-state index contributed by atoms with van der Waals surface area (Å²) in [6, 6.07) is 3.68. The molecule has 0 spiro atoms. The molecule has 0 atom stereocenters. The molecule has 1 aliphatic heterocycles. The third kappa shape index (κ3) is 2.20. The summed E-state index contributed by atoms with van der Waals surface area (Å²) in [5.74, 6) is -0.383. The number of rotatable bonds is 3. The van der Waals surface area contributed by atoms with E-state index in [0.717, 1.165) is 5.52 Å². The summed E-state index contributed by atoms with van der Waals surface area (Å²) >= 11 is 0. The molecule has 0 radical (unpaired) electrons. The molecule has 6 heteroatoms. The zero-order chi connectivity index (χ0) is 13.2. The fraction of sp³-hybridized carbons (Fsp3) is 0.385. The number of esters is 1. The van der Waals surface area contributed by atoms with E-state index < -0.39 is 6.29 Å². The number of nitrogens with one attached hydrogen (secondary N) is 1. The van der Waals surface area contributed by atoms with Gasteiger partial charge in [-0.25, -0.2) is 9.78 Å². The SMILES string of the molecule is CCOC(=O)c1c[nH]c2ccc(C3OCCO3)nc12. The molecule has 1 aliphatic rings. The fourth-order valence-electron chi connectivity index (χ4n) is 2.04. The predicted molar refractivity (Wildman–Crippen MR) is 66.7 cm³/mol. The quantitative estimate of drug-likeness (QED) is 0.853. The van der Waals surface area contributed by atoms with Crippen molar-refractivity contribution in [3.63, 3.8) is 0 Å². The summed E-state index contributed by atoms with van der Waals surface area (Å²) in [4.78, 5) is 19.2. The average molecular weight is 262 g/mol. The molecular weight excluding hydrogens is 248 g/mol. The molecule has 0 saturated carbocycles. The Labute approximate surface area is 109 Å². The van der Waals surface area contributed by atoms with Crippen molar-refractivity contribution in [2.24, 2.45) is 0 Å². The predicted octanol–water partition coefficient (Wildman–Crippen LogP) is 1.78. The average Bonchev–Trinajstić information content (AvgIpc) is 3.07. The highest BCUT2D eigenvalue weighted by atomic mass is 16.7. The number of aromatic nitrogens is 2. The maximum absolute atomic E-state index is 11.8. The highest BCUT2D eigenvalue weighted by Gasteiger charge is 2.22. The molecule has 0 unspecified atom stereocenters. The summed E-state index contributed by atoms with van der Waals surface area (Å²) in [6.07, 6.45) is 1.16. The van der Waals surface area contributed by atoms with Crippen LogP contribution in [0.25, 0.3) is 11.0 Å². The Morgan fingerprint density at radius 3 is 3.00 bits per heavy atom. The van der Waals surface area contributed by atoms with Gasteiger partial charge in [-0.15, -0.1) is 0 Å². The number of hydrogen-bond acceptors (Lipinski definition) is 5. The third-order valence-corrected chi connectivity index (χ3v) is 2.90. The number of fused-ring (bicyclic) bond motifs is 1. The third-order valence-electron chi connectivity index (χ3n) is 2.90. The molecular formula is C13H14N2O4. The number of pyridine rings is 1. The molecule has 1 N–H and O–H groups in total. The normalized spacial score (nSPS) is 16.1. The minimum absolute atomic E-state index is 0.333. The van der Waals surface area contributed by atoms with Crippen LogP contribution in [0.2, 0.25) is 0 Å². The van der Waals surface area contributed by atoms with E-state index in [1.807, 2.05) is 12.1 Å². The molecule has 2 aromatic heterocycles. The van der Waals surface area contributed by atoms with E-state index in [2.05, 4.69) is 9.97 Å². The molecule has 0 aromatic carbocycles. The Kier molecular flexibility index (Phi) is 3.18. The number of carbonyl (C=O) groups excluding carboxylic acids is 1. The molecule has 0 aliphatic carbocycles. The van der Waals surface area contributed by atoms with E-state index in [0.29, 0.717) is 36.6 Å². The van der Waals surface area contributed by atoms with Crippen LogP contribution in [0.15, 0.2) is 18.3 Å². The van der Waals surface area contributed by atoms with E-state index in [-0.39, 0.29) is 5.97 Å². The smallest absolute Gasteiger partial charge is 0.341 e. The van der Waals surface area contributed by atoms with Gasteiger partial charge in [0.15, 0.2) is 0 Å². The highest BCUT2D eigenvalue weighted by molar-refractivity contribution is 6.02. The van der Waals surface area contributed by atoms with Crippen LogP contribution in [0, 0.1) is 0 Å². The molecule has 0 bridgehead atoms. The van der Waals surface area contributed by atoms with Gasteiger partial charge in [0, 0.05) is 6.20 Å². The Morgan fingerprint density at radius 2 is 2.26 bits per heavy atom. The van der Waals surface area contributed by atoms with Crippen molar-refractivity contribution in [2.75, 3.05) is 19.8 Å². The first-order chi connectivity index (χ1) is 9.29. The topological polar surface area (TPSA) is 73.4 Å². The van der Waals surface area contributed by atoms with Gasteiger partial charge >= 0.3 is 5.97 Å². The van der Waals surface area contributed by atoms with Gasteiger partial charge in [0.25, 0.3) is 0 Å². The Bertz CT molecular complexity index is 602. The van der Waals surface area contributed by atoms with E-state index in [1.54, 1.807) is 13.1 Å². The first-order valence-corrected chi connectivity index (χ1v) is 6.18. The molecule has 1 fully saturated rings. The van der Waals surface area contributed by atoms with Crippen LogP contribution in [0.4, 0.5) is 0 Å². The Morgan fingerprint density at radius 1 is 1.47 bits per heavy atom. The van der Waals surface area contributed by atoms with E-state index in [1.165, 1.54) is 0 Å². The van der Waals surface area contributed by atoms with Crippen LogP contribution in [-0.4, -0.2) is 35.8 Å². The number of carbonyl (C=O) groups is 1. The number of hydrogen-bond donors (Lipinski definition) is 1. The lowest BCUT2D eigenvalue weighted by atomic mass is 10.2. The van der Waals surface area contributed by atoms with Gasteiger partial charge in [-0.2, -0.15) is 0 Å². The van der Waals surface area contributed by atoms with Crippen LogP contribution >= 0.6 is 0 Å². The van der Waals surface area contributed by atoms with Gasteiger partial charge in [0.05, 0.1) is 31.0 Å². The van der Waals surface area contributed by atoms with Gasteiger partial charge in [-0.05, 0) is 19.1 Å². The maximum atomic E-state index is 11.8. The lowest BCUT2D eigenvalue weighted by Crippen LogP contribution is -2.05. The van der Waals surface area contributed by atoms with Gasteiger partial charge in [0.1, 0.15) is 11.1 Å². The fourth-order valence-corrected chi connectivity index (χ4v) is 2.04. The number of nitrogens with zero attached hydrogens (tertiary/aromatic N) is 1. The van der Waals surface area contributed by atoms with Crippen molar-refractivity contribution < 1.29 is 19.0 Å². The Balaban J connectivity index is 2.00. The van der Waals surface area contributed by atoms with Crippen molar-refractivity contribution >= 4 is 17.0 Å². The summed E-state index contributed by atoms with van der Waals surface area (Å²) in [6.45, 7) is 3.22. The molecule has 3 heterocycles. The highest BCUT2D eigenvalue weighted by Crippen LogP contribution is 2.25. The lowest BCUT2D eigenvalue weighted by Gasteiger charge is -2.08. The maximum Gasteiger partial charge on any atom is 0.341 e. The molecule has 6 nitrogen and oxygen atoms in total. The van der Waals surface area contributed by atoms with Gasteiger partial charge < -0.3 is 19.2 Å². The van der Waals surface area contributed by atoms with E-state index >= 15 is 0 Å². The van der Waals surface area contributed by atoms with Crippen molar-refractivity contribution in [2.45, 2.75) is 13.2 Å². The second kappa shape index (κ2) is 4.99. The minimum atomic E-state index is -0.450. The second-order valence-electron chi connectivity index (χ2n) is 4.13.